The van der Waals surface area contributed by atoms with Crippen molar-refractivity contribution in [3.05, 3.63) is 0 Å². The zero-order chi connectivity index (χ0) is 24.2. The van der Waals surface area contributed by atoms with E-state index in [9.17, 15) is 38.2 Å². The second-order valence-corrected chi connectivity index (χ2v) is 9.94. The highest BCUT2D eigenvalue weighted by Crippen LogP contribution is 2.36. The van der Waals surface area contributed by atoms with Gasteiger partial charge in [-0.1, -0.05) is 20.8 Å². The third-order valence-corrected chi connectivity index (χ3v) is 7.53. The monoisotopic (exact) mass is 485 g/mol. The van der Waals surface area contributed by atoms with E-state index in [1.807, 2.05) is 13.8 Å². The van der Waals surface area contributed by atoms with E-state index in [0.29, 0.717) is 0 Å². The van der Waals surface area contributed by atoms with Gasteiger partial charge in [0.25, 0.3) is 0 Å². The van der Waals surface area contributed by atoms with Crippen molar-refractivity contribution in [3.63, 3.8) is 0 Å². The molecule has 0 bridgehead atoms. The maximum Gasteiger partial charge on any atom is 0.333 e. The summed E-state index contributed by atoms with van der Waals surface area (Å²) < 4.78 is 51.0. The molecule has 12 nitrogen and oxygen atoms in total. The molecule has 2 fully saturated rings. The van der Waals surface area contributed by atoms with Crippen LogP contribution in [0, 0.1) is 29.6 Å². The lowest BCUT2D eigenvalue weighted by atomic mass is 9.76. The fourth-order valence-electron chi connectivity index (χ4n) is 4.73. The Morgan fingerprint density at radius 1 is 0.875 bits per heavy atom. The molecule has 0 aromatic carbocycles. The summed E-state index contributed by atoms with van der Waals surface area (Å²) in [6, 6.07) is -0.946. The summed E-state index contributed by atoms with van der Waals surface area (Å²) in [4.78, 5) is 11.6. The van der Waals surface area contributed by atoms with Crippen molar-refractivity contribution in [1.82, 2.24) is 4.72 Å². The number of aliphatic hydroxyl groups excluding tert-OH is 3. The molecular weight excluding hydrogens is 450 g/mol. The minimum absolute atomic E-state index is 0.0380. The maximum atomic E-state index is 11.6. The van der Waals surface area contributed by atoms with E-state index in [-0.39, 0.29) is 38.3 Å². The molecule has 2 aliphatic heterocycles. The molecule has 2 saturated heterocycles. The summed E-state index contributed by atoms with van der Waals surface area (Å²) in [7, 11) is -4.56. The zero-order valence-corrected chi connectivity index (χ0v) is 19.2. The van der Waals surface area contributed by atoms with Crippen LogP contribution in [0.3, 0.4) is 0 Å². The topological polar surface area (TPSA) is 192 Å². The van der Waals surface area contributed by atoms with Crippen molar-refractivity contribution >= 4 is 16.3 Å². The highest BCUT2D eigenvalue weighted by atomic mass is 32.2. The highest BCUT2D eigenvalue weighted by molar-refractivity contribution is 7.83. The maximum absolute atomic E-state index is 11.6. The molecule has 0 aliphatic carbocycles. The summed E-state index contributed by atoms with van der Waals surface area (Å²) in [5.74, 6) is -2.88. The number of carboxylic acids is 1. The molecule has 0 amide bonds. The van der Waals surface area contributed by atoms with Gasteiger partial charge in [0.15, 0.2) is 6.10 Å². The summed E-state index contributed by atoms with van der Waals surface area (Å²) in [6.45, 7) is 4.31. The van der Waals surface area contributed by atoms with E-state index < -0.39 is 71.1 Å². The number of ether oxygens (including phenoxy) is 3. The first-order chi connectivity index (χ1) is 14.9. The fourth-order valence-corrected chi connectivity index (χ4v) is 5.45. The number of nitrogens with one attached hydrogen (secondary N) is 1. The second-order valence-electron chi connectivity index (χ2n) is 8.76. The Morgan fingerprint density at radius 2 is 1.50 bits per heavy atom. The Labute approximate surface area is 187 Å². The van der Waals surface area contributed by atoms with Crippen LogP contribution in [-0.4, -0.2) is 103 Å². The van der Waals surface area contributed by atoms with Crippen molar-refractivity contribution in [2.24, 2.45) is 29.6 Å². The van der Waals surface area contributed by atoms with Gasteiger partial charge in [0.1, 0.15) is 0 Å². The molecular formula is C19H35NO11S. The minimum atomic E-state index is -4.56. The van der Waals surface area contributed by atoms with E-state index in [1.54, 1.807) is 6.92 Å². The first kappa shape index (κ1) is 27.3. The summed E-state index contributed by atoms with van der Waals surface area (Å²) in [5, 5.41) is 38.3. The number of hydrogen-bond acceptors (Lipinski definition) is 9. The molecule has 0 radical (unpaired) electrons. The quantitative estimate of drug-likeness (QED) is 0.197. The fraction of sp³-hybridized carbons (Fsp3) is 0.947. The van der Waals surface area contributed by atoms with E-state index in [1.165, 1.54) is 0 Å². The van der Waals surface area contributed by atoms with Crippen molar-refractivity contribution < 1.29 is 52.4 Å². The minimum Gasteiger partial charge on any atom is -0.479 e. The number of aliphatic carboxylic acids is 1. The van der Waals surface area contributed by atoms with Gasteiger partial charge in [-0.2, -0.15) is 13.1 Å². The molecule has 0 aromatic rings. The molecule has 0 saturated carbocycles. The van der Waals surface area contributed by atoms with Crippen LogP contribution < -0.4 is 4.72 Å². The third-order valence-electron chi connectivity index (χ3n) is 6.96. The largest absolute Gasteiger partial charge is 0.479 e. The average molecular weight is 486 g/mol. The lowest BCUT2D eigenvalue weighted by Gasteiger charge is -2.45. The average Bonchev–Trinajstić information content (AvgIpc) is 2.72. The van der Waals surface area contributed by atoms with E-state index in [4.69, 9.17) is 14.2 Å². The predicted molar refractivity (Wildman–Crippen MR) is 110 cm³/mol. The van der Waals surface area contributed by atoms with Crippen LogP contribution in [0.4, 0.5) is 0 Å². The van der Waals surface area contributed by atoms with Crippen LogP contribution in [0.25, 0.3) is 0 Å². The van der Waals surface area contributed by atoms with Crippen molar-refractivity contribution in [2.45, 2.75) is 51.2 Å². The molecule has 6 N–H and O–H groups in total. The predicted octanol–water partition coefficient (Wildman–Crippen LogP) is -1.50. The molecule has 0 aromatic heterocycles. The molecule has 13 heteroatoms. The Hall–Kier alpha value is -0.900. The number of hydrogen-bond donors (Lipinski definition) is 6. The molecule has 4 unspecified atom stereocenters. The van der Waals surface area contributed by atoms with Crippen LogP contribution in [0.15, 0.2) is 0 Å². The van der Waals surface area contributed by atoms with Crippen LogP contribution in [0.5, 0.6) is 0 Å². The van der Waals surface area contributed by atoms with Gasteiger partial charge in [0, 0.05) is 18.4 Å². The highest BCUT2D eigenvalue weighted by Gasteiger charge is 2.46. The Bertz CT molecular complexity index is 720. The van der Waals surface area contributed by atoms with Crippen LogP contribution in [-0.2, 0) is 29.3 Å². The van der Waals surface area contributed by atoms with Crippen LogP contribution in [0.1, 0.15) is 20.8 Å². The zero-order valence-electron chi connectivity index (χ0n) is 18.4. The van der Waals surface area contributed by atoms with Crippen LogP contribution in [0.2, 0.25) is 0 Å². The number of carbonyl (C=O) groups is 1. The molecule has 10 atom stereocenters. The summed E-state index contributed by atoms with van der Waals surface area (Å²) in [5.41, 5.74) is 0. The van der Waals surface area contributed by atoms with Crippen molar-refractivity contribution in [1.29, 1.82) is 0 Å². The van der Waals surface area contributed by atoms with Gasteiger partial charge in [-0.05, 0) is 17.8 Å². The van der Waals surface area contributed by atoms with Gasteiger partial charge in [-0.3, -0.25) is 4.55 Å². The van der Waals surface area contributed by atoms with Gasteiger partial charge >= 0.3 is 16.3 Å². The number of rotatable bonds is 10. The Kier molecular flexibility index (Phi) is 9.82. The van der Waals surface area contributed by atoms with E-state index in [0.717, 1.165) is 0 Å². The lowest BCUT2D eigenvalue weighted by molar-refractivity contribution is -0.198. The molecule has 2 aliphatic rings. The molecule has 0 spiro atoms. The smallest absolute Gasteiger partial charge is 0.333 e. The molecule has 2 heterocycles. The molecule has 188 valence electrons. The van der Waals surface area contributed by atoms with Gasteiger partial charge in [0.05, 0.1) is 50.8 Å². The number of carboxylic acid groups (broad SMARTS) is 1. The normalized spacial score (nSPS) is 40.8. The summed E-state index contributed by atoms with van der Waals surface area (Å²) >= 11 is 0. The van der Waals surface area contributed by atoms with E-state index >= 15 is 0 Å². The first-order valence-electron chi connectivity index (χ1n) is 10.6. The Balaban J connectivity index is 2.06. The molecule has 32 heavy (non-hydrogen) atoms. The SMILES string of the molecule is CC1[C@H](COC[C@@H]2C(CO)O[C@H](CO)C(NS(=O)(=O)O)[C@@H]2C)OC(C(=O)O)[C@@H](CO)[C@H]1C. The van der Waals surface area contributed by atoms with Crippen LogP contribution >= 0.6 is 0 Å². The lowest BCUT2D eigenvalue weighted by Crippen LogP contribution is -2.60. The van der Waals surface area contributed by atoms with Gasteiger partial charge in [-0.15, -0.1) is 0 Å². The van der Waals surface area contributed by atoms with Crippen molar-refractivity contribution in [3.8, 4) is 0 Å². The van der Waals surface area contributed by atoms with Crippen molar-refractivity contribution in [2.75, 3.05) is 33.0 Å². The second kappa shape index (κ2) is 11.5. The number of aliphatic hydroxyl groups is 3. The standard InChI is InChI=1S/C19H35NO11S/c1-9-10(2)16(31-18(19(24)25)12(9)4-21)8-29-7-13-11(3)17(20-32(26,27)28)15(6-23)30-14(13)5-22/h9-18,20-23H,4-8H2,1-3H3,(H,24,25)(H,26,27,28)/t9-,10?,11+,12-,13-,14?,15+,16-,17?,18?/m0/s1. The van der Waals surface area contributed by atoms with Gasteiger partial charge in [-0.25, -0.2) is 4.79 Å². The van der Waals surface area contributed by atoms with Gasteiger partial charge in [0.2, 0.25) is 0 Å². The third kappa shape index (κ3) is 6.36. The van der Waals surface area contributed by atoms with E-state index in [2.05, 4.69) is 4.72 Å². The molecule has 2 rings (SSSR count). The summed E-state index contributed by atoms with van der Waals surface area (Å²) in [6.07, 6.45) is -3.40. The van der Waals surface area contributed by atoms with Gasteiger partial charge < -0.3 is 34.6 Å². The first-order valence-corrected chi connectivity index (χ1v) is 12.1. The Morgan fingerprint density at radius 3 is 2.00 bits per heavy atom.